The first kappa shape index (κ1) is 13.1. The Morgan fingerprint density at radius 1 is 1.33 bits per heavy atom. The topological polar surface area (TPSA) is 64.4 Å². The highest BCUT2D eigenvalue weighted by Gasteiger charge is 2.36. The quantitative estimate of drug-likeness (QED) is 0.843. The van der Waals surface area contributed by atoms with E-state index in [1.807, 2.05) is 30.3 Å². The SMILES string of the molecule is CC(N)C(=O)NC1(c2ccccc2)CCOCC1. The van der Waals surface area contributed by atoms with Crippen LogP contribution in [0.15, 0.2) is 30.3 Å². The van der Waals surface area contributed by atoms with Gasteiger partial charge in [0.15, 0.2) is 0 Å². The van der Waals surface area contributed by atoms with Gasteiger partial charge in [0, 0.05) is 13.2 Å². The van der Waals surface area contributed by atoms with Gasteiger partial charge in [-0.25, -0.2) is 0 Å². The summed E-state index contributed by atoms with van der Waals surface area (Å²) in [4.78, 5) is 11.9. The minimum absolute atomic E-state index is 0.110. The van der Waals surface area contributed by atoms with Gasteiger partial charge in [-0.05, 0) is 25.3 Å². The van der Waals surface area contributed by atoms with Crippen LogP contribution in [0.1, 0.15) is 25.3 Å². The Morgan fingerprint density at radius 2 is 1.94 bits per heavy atom. The summed E-state index contributed by atoms with van der Waals surface area (Å²) in [6.45, 7) is 3.02. The molecule has 1 aromatic carbocycles. The van der Waals surface area contributed by atoms with E-state index in [1.54, 1.807) is 6.92 Å². The van der Waals surface area contributed by atoms with Crippen molar-refractivity contribution in [3.05, 3.63) is 35.9 Å². The van der Waals surface area contributed by atoms with Crippen molar-refractivity contribution in [1.29, 1.82) is 0 Å². The molecule has 4 nitrogen and oxygen atoms in total. The molecule has 0 spiro atoms. The molecule has 0 radical (unpaired) electrons. The Labute approximate surface area is 108 Å². The number of carbonyl (C=O) groups excluding carboxylic acids is 1. The Morgan fingerprint density at radius 3 is 2.50 bits per heavy atom. The fourth-order valence-corrected chi connectivity index (χ4v) is 2.31. The largest absolute Gasteiger partial charge is 0.381 e. The number of hydrogen-bond donors (Lipinski definition) is 2. The van der Waals surface area contributed by atoms with Gasteiger partial charge < -0.3 is 15.8 Å². The Balaban J connectivity index is 2.26. The number of ether oxygens (including phenoxy) is 1. The highest BCUT2D eigenvalue weighted by atomic mass is 16.5. The van der Waals surface area contributed by atoms with E-state index in [2.05, 4.69) is 5.32 Å². The van der Waals surface area contributed by atoms with Gasteiger partial charge in [-0.1, -0.05) is 30.3 Å². The molecule has 0 saturated carbocycles. The number of nitrogens with one attached hydrogen (secondary N) is 1. The van der Waals surface area contributed by atoms with Crippen molar-refractivity contribution in [3.8, 4) is 0 Å². The second kappa shape index (κ2) is 5.50. The van der Waals surface area contributed by atoms with Crippen LogP contribution in [0, 0.1) is 0 Å². The smallest absolute Gasteiger partial charge is 0.237 e. The number of hydrogen-bond acceptors (Lipinski definition) is 3. The van der Waals surface area contributed by atoms with E-state index in [0.717, 1.165) is 18.4 Å². The average Bonchev–Trinajstić information content (AvgIpc) is 2.40. The average molecular weight is 248 g/mol. The van der Waals surface area contributed by atoms with Gasteiger partial charge in [0.05, 0.1) is 11.6 Å². The van der Waals surface area contributed by atoms with E-state index in [0.29, 0.717) is 13.2 Å². The van der Waals surface area contributed by atoms with Crippen LogP contribution in [0.25, 0.3) is 0 Å². The first-order valence-corrected chi connectivity index (χ1v) is 6.35. The summed E-state index contributed by atoms with van der Waals surface area (Å²) in [6, 6.07) is 9.56. The molecule has 2 rings (SSSR count). The highest BCUT2D eigenvalue weighted by Crippen LogP contribution is 2.32. The maximum atomic E-state index is 11.9. The van der Waals surface area contributed by atoms with Crippen LogP contribution in [0.2, 0.25) is 0 Å². The lowest BCUT2D eigenvalue weighted by Gasteiger charge is -2.39. The molecule has 1 aliphatic rings. The molecule has 0 bridgehead atoms. The van der Waals surface area contributed by atoms with Gasteiger partial charge in [0.2, 0.25) is 5.91 Å². The third-order valence-corrected chi connectivity index (χ3v) is 3.45. The van der Waals surface area contributed by atoms with E-state index in [-0.39, 0.29) is 11.4 Å². The van der Waals surface area contributed by atoms with Gasteiger partial charge in [-0.15, -0.1) is 0 Å². The van der Waals surface area contributed by atoms with Crippen LogP contribution < -0.4 is 11.1 Å². The zero-order chi connectivity index (χ0) is 13.0. The van der Waals surface area contributed by atoms with Gasteiger partial charge >= 0.3 is 0 Å². The summed E-state index contributed by atoms with van der Waals surface area (Å²) in [5, 5.41) is 3.10. The molecule has 18 heavy (non-hydrogen) atoms. The second-order valence-corrected chi connectivity index (χ2v) is 4.84. The molecular formula is C14H20N2O2. The van der Waals surface area contributed by atoms with Crippen molar-refractivity contribution >= 4 is 5.91 Å². The lowest BCUT2D eigenvalue weighted by atomic mass is 9.82. The summed E-state index contributed by atoms with van der Waals surface area (Å²) in [5.41, 5.74) is 6.44. The second-order valence-electron chi connectivity index (χ2n) is 4.84. The van der Waals surface area contributed by atoms with Gasteiger partial charge in [-0.3, -0.25) is 4.79 Å². The molecule has 3 N–H and O–H groups in total. The van der Waals surface area contributed by atoms with Crippen LogP contribution in [-0.2, 0) is 15.1 Å². The van der Waals surface area contributed by atoms with E-state index in [4.69, 9.17) is 10.5 Å². The van der Waals surface area contributed by atoms with Crippen molar-refractivity contribution in [3.63, 3.8) is 0 Å². The Kier molecular flexibility index (Phi) is 3.99. The zero-order valence-corrected chi connectivity index (χ0v) is 10.7. The van der Waals surface area contributed by atoms with Crippen molar-refractivity contribution in [1.82, 2.24) is 5.32 Å². The van der Waals surface area contributed by atoms with E-state index in [1.165, 1.54) is 0 Å². The Bertz CT molecular complexity index is 398. The van der Waals surface area contributed by atoms with Crippen molar-refractivity contribution in [2.24, 2.45) is 5.73 Å². The molecule has 0 aliphatic carbocycles. The lowest BCUT2D eigenvalue weighted by Crippen LogP contribution is -2.53. The predicted molar refractivity (Wildman–Crippen MR) is 70.0 cm³/mol. The van der Waals surface area contributed by atoms with Crippen LogP contribution in [-0.4, -0.2) is 25.2 Å². The standard InChI is InChI=1S/C14H20N2O2/c1-11(15)13(17)16-14(7-9-18-10-8-14)12-5-3-2-4-6-12/h2-6,11H,7-10,15H2,1H3,(H,16,17). The minimum Gasteiger partial charge on any atom is -0.381 e. The molecule has 1 aromatic rings. The van der Waals surface area contributed by atoms with E-state index >= 15 is 0 Å². The molecule has 1 heterocycles. The maximum Gasteiger partial charge on any atom is 0.237 e. The zero-order valence-electron chi connectivity index (χ0n) is 10.7. The van der Waals surface area contributed by atoms with Crippen molar-refractivity contribution in [2.45, 2.75) is 31.3 Å². The Hall–Kier alpha value is -1.39. The van der Waals surface area contributed by atoms with Crippen LogP contribution in [0.4, 0.5) is 0 Å². The summed E-state index contributed by atoms with van der Waals surface area (Å²) < 4.78 is 5.41. The number of rotatable bonds is 3. The number of carbonyl (C=O) groups is 1. The van der Waals surface area contributed by atoms with Crippen LogP contribution >= 0.6 is 0 Å². The molecule has 0 aromatic heterocycles. The number of nitrogens with two attached hydrogens (primary N) is 1. The van der Waals surface area contributed by atoms with Gasteiger partial charge in [0.1, 0.15) is 0 Å². The molecule has 1 fully saturated rings. The fourth-order valence-electron chi connectivity index (χ4n) is 2.31. The highest BCUT2D eigenvalue weighted by molar-refractivity contribution is 5.82. The molecule has 1 amide bonds. The fraction of sp³-hybridized carbons (Fsp3) is 0.500. The minimum atomic E-state index is -0.492. The van der Waals surface area contributed by atoms with Crippen molar-refractivity contribution in [2.75, 3.05) is 13.2 Å². The normalized spacial score (nSPS) is 20.1. The van der Waals surface area contributed by atoms with Crippen LogP contribution in [0.3, 0.4) is 0 Å². The monoisotopic (exact) mass is 248 g/mol. The molecule has 1 unspecified atom stereocenters. The third-order valence-electron chi connectivity index (χ3n) is 3.45. The molecule has 1 aliphatic heterocycles. The van der Waals surface area contributed by atoms with E-state index in [9.17, 15) is 4.79 Å². The summed E-state index contributed by atoms with van der Waals surface area (Å²) in [7, 11) is 0. The predicted octanol–water partition coefficient (Wildman–Crippen LogP) is 1.16. The molecule has 4 heteroatoms. The number of amides is 1. The molecular weight excluding hydrogens is 228 g/mol. The first-order chi connectivity index (χ1) is 8.64. The van der Waals surface area contributed by atoms with Gasteiger partial charge in [0.25, 0.3) is 0 Å². The molecule has 98 valence electrons. The third kappa shape index (κ3) is 2.71. The maximum absolute atomic E-state index is 11.9. The van der Waals surface area contributed by atoms with Gasteiger partial charge in [-0.2, -0.15) is 0 Å². The number of benzene rings is 1. The first-order valence-electron chi connectivity index (χ1n) is 6.35. The van der Waals surface area contributed by atoms with E-state index < -0.39 is 6.04 Å². The lowest BCUT2D eigenvalue weighted by molar-refractivity contribution is -0.125. The summed E-state index contributed by atoms with van der Waals surface area (Å²) in [5.74, 6) is -0.110. The summed E-state index contributed by atoms with van der Waals surface area (Å²) in [6.07, 6.45) is 1.57. The van der Waals surface area contributed by atoms with Crippen molar-refractivity contribution < 1.29 is 9.53 Å². The van der Waals surface area contributed by atoms with Crippen LogP contribution in [0.5, 0.6) is 0 Å². The molecule has 1 atom stereocenters. The summed E-state index contributed by atoms with van der Waals surface area (Å²) >= 11 is 0. The molecule has 1 saturated heterocycles.